The van der Waals surface area contributed by atoms with Crippen LogP contribution in [0.2, 0.25) is 0 Å². The number of rotatable bonds is 5. The van der Waals surface area contributed by atoms with Gasteiger partial charge in [0.2, 0.25) is 11.6 Å². The molecule has 2 heterocycles. The van der Waals surface area contributed by atoms with Crippen LogP contribution in [0.25, 0.3) is 0 Å². The number of hydrogen-bond donors (Lipinski definition) is 0. The number of fused-ring (bicyclic) bond motifs is 3. The number of carbonyl (C=O) groups is 3. The van der Waals surface area contributed by atoms with E-state index >= 15 is 0 Å². The van der Waals surface area contributed by atoms with E-state index in [4.69, 9.17) is 14.7 Å². The highest BCUT2D eigenvalue weighted by atomic mass is 16.5. The zero-order chi connectivity index (χ0) is 18.0. The van der Waals surface area contributed by atoms with Gasteiger partial charge in [0.1, 0.15) is 6.07 Å². The molecule has 0 unspecified atom stereocenters. The average molecular weight is 343 g/mol. The molecule has 25 heavy (non-hydrogen) atoms. The molecule has 130 valence electrons. The minimum atomic E-state index is -1.57. The number of nitrogens with zero attached hydrogens (tertiary/aromatic N) is 3. The number of nitriles is 1. The summed E-state index contributed by atoms with van der Waals surface area (Å²) in [4.78, 5) is 41.1. The zero-order valence-electron chi connectivity index (χ0n) is 13.7. The van der Waals surface area contributed by atoms with Gasteiger partial charge in [0, 0.05) is 26.5 Å². The van der Waals surface area contributed by atoms with Crippen molar-refractivity contribution in [2.24, 2.45) is 0 Å². The van der Waals surface area contributed by atoms with Gasteiger partial charge in [-0.25, -0.2) is 4.79 Å². The Kier molecular flexibility index (Phi) is 4.42. The van der Waals surface area contributed by atoms with Crippen molar-refractivity contribution in [3.63, 3.8) is 0 Å². The van der Waals surface area contributed by atoms with E-state index in [1.165, 1.54) is 16.9 Å². The summed E-state index contributed by atoms with van der Waals surface area (Å²) in [6.07, 6.45) is 0.215. The fraction of sp³-hybridized carbons (Fsp3) is 0.412. The van der Waals surface area contributed by atoms with Gasteiger partial charge in [0.05, 0.1) is 17.9 Å². The summed E-state index contributed by atoms with van der Waals surface area (Å²) in [5.41, 5.74) is -0.840. The van der Waals surface area contributed by atoms with Crippen LogP contribution in [0, 0.1) is 11.3 Å². The van der Waals surface area contributed by atoms with Gasteiger partial charge in [-0.3, -0.25) is 14.5 Å². The summed E-state index contributed by atoms with van der Waals surface area (Å²) in [6.45, 7) is -0.130. The second kappa shape index (κ2) is 6.53. The Morgan fingerprint density at radius 3 is 2.84 bits per heavy atom. The summed E-state index contributed by atoms with van der Waals surface area (Å²) >= 11 is 0. The molecule has 0 aliphatic carbocycles. The van der Waals surface area contributed by atoms with Crippen molar-refractivity contribution >= 4 is 23.5 Å². The van der Waals surface area contributed by atoms with Crippen LogP contribution in [-0.4, -0.2) is 55.2 Å². The quantitative estimate of drug-likeness (QED) is 0.729. The van der Waals surface area contributed by atoms with Gasteiger partial charge in [-0.15, -0.1) is 0 Å². The van der Waals surface area contributed by atoms with Crippen LogP contribution < -0.4 is 4.90 Å². The number of anilines is 1. The summed E-state index contributed by atoms with van der Waals surface area (Å²) in [5, 5.41) is 8.71. The van der Waals surface area contributed by atoms with Crippen molar-refractivity contribution in [2.45, 2.75) is 18.5 Å². The van der Waals surface area contributed by atoms with Crippen molar-refractivity contribution in [2.75, 3.05) is 31.8 Å². The van der Waals surface area contributed by atoms with Gasteiger partial charge < -0.3 is 14.4 Å². The van der Waals surface area contributed by atoms with Gasteiger partial charge in [0.25, 0.3) is 5.91 Å². The van der Waals surface area contributed by atoms with Crippen molar-refractivity contribution < 1.29 is 23.9 Å². The van der Waals surface area contributed by atoms with Gasteiger partial charge >= 0.3 is 5.97 Å². The van der Waals surface area contributed by atoms with E-state index in [-0.39, 0.29) is 37.8 Å². The third kappa shape index (κ3) is 2.44. The van der Waals surface area contributed by atoms with Crippen LogP contribution in [0.1, 0.15) is 23.2 Å². The van der Waals surface area contributed by atoms with Crippen molar-refractivity contribution in [1.82, 2.24) is 4.90 Å². The molecule has 1 fully saturated rings. The Hall–Kier alpha value is -2.92. The molecule has 0 spiro atoms. The Balaban J connectivity index is 2.16. The number of para-hydroxylation sites is 1. The highest BCUT2D eigenvalue weighted by Crippen LogP contribution is 2.44. The predicted octanol–water partition coefficient (Wildman–Crippen LogP) is 0.679. The Labute approximate surface area is 144 Å². The number of esters is 1. The van der Waals surface area contributed by atoms with Crippen LogP contribution >= 0.6 is 0 Å². The largest absolute Gasteiger partial charge is 0.447 e. The first-order valence-corrected chi connectivity index (χ1v) is 7.85. The first-order chi connectivity index (χ1) is 12.1. The summed E-state index contributed by atoms with van der Waals surface area (Å²) < 4.78 is 10.1. The van der Waals surface area contributed by atoms with Gasteiger partial charge in [-0.05, 0) is 12.1 Å². The lowest BCUT2D eigenvalue weighted by molar-refractivity contribution is -0.156. The van der Waals surface area contributed by atoms with Crippen LogP contribution in [0.3, 0.4) is 0 Å². The molecule has 1 atom stereocenters. The molecule has 0 radical (unpaired) electrons. The Morgan fingerprint density at radius 2 is 2.12 bits per heavy atom. The van der Waals surface area contributed by atoms with Gasteiger partial charge in [-0.1, -0.05) is 12.1 Å². The summed E-state index contributed by atoms with van der Waals surface area (Å²) in [5.74, 6) is -1.41. The number of methoxy groups -OCH3 is 1. The molecule has 3 rings (SSSR count). The Morgan fingerprint density at radius 1 is 1.36 bits per heavy atom. The normalized spacial score (nSPS) is 21.6. The van der Waals surface area contributed by atoms with Crippen molar-refractivity contribution in [3.8, 4) is 6.07 Å². The minimum absolute atomic E-state index is 0.104. The lowest BCUT2D eigenvalue weighted by atomic mass is 9.96. The summed E-state index contributed by atoms with van der Waals surface area (Å²) in [6, 6.07) is 8.40. The van der Waals surface area contributed by atoms with E-state index in [9.17, 15) is 14.4 Å². The van der Waals surface area contributed by atoms with E-state index in [1.807, 2.05) is 0 Å². The van der Waals surface area contributed by atoms with Crippen LogP contribution in [0.4, 0.5) is 5.69 Å². The van der Waals surface area contributed by atoms with Crippen molar-refractivity contribution in [3.05, 3.63) is 29.8 Å². The van der Waals surface area contributed by atoms with Crippen LogP contribution in [-0.2, 0) is 19.1 Å². The third-order valence-corrected chi connectivity index (χ3v) is 4.49. The topological polar surface area (TPSA) is 99.9 Å². The first-order valence-electron chi connectivity index (χ1n) is 7.85. The molecular formula is C17H17N3O5. The standard InChI is InChI=1S/C17H17N3O5/c1-24-11-9-19-15(22)12-4-2-3-5-13(12)20-14(21)6-7-17(19,20)16(23)25-10-8-18/h2-5H,6-7,9-11H2,1H3/t17-/m1/s1. The maximum absolute atomic E-state index is 13.0. The number of amides is 2. The summed E-state index contributed by atoms with van der Waals surface area (Å²) in [7, 11) is 1.49. The lowest BCUT2D eigenvalue weighted by Gasteiger charge is -2.48. The molecule has 2 amide bonds. The monoisotopic (exact) mass is 343 g/mol. The van der Waals surface area contributed by atoms with E-state index < -0.39 is 18.2 Å². The molecule has 8 heteroatoms. The maximum atomic E-state index is 13.0. The number of carbonyl (C=O) groups excluding carboxylic acids is 3. The fourth-order valence-corrected chi connectivity index (χ4v) is 3.45. The SMILES string of the molecule is COCCN1C(=O)c2ccccc2N2C(=O)CC[C@@]12C(=O)OCC#N. The van der Waals surface area contributed by atoms with E-state index in [0.29, 0.717) is 11.3 Å². The molecule has 0 aromatic heterocycles. The van der Waals surface area contributed by atoms with E-state index in [1.54, 1.807) is 30.3 Å². The third-order valence-electron chi connectivity index (χ3n) is 4.49. The highest BCUT2D eigenvalue weighted by molar-refractivity contribution is 6.15. The first kappa shape index (κ1) is 16.9. The number of ether oxygens (including phenoxy) is 2. The fourth-order valence-electron chi connectivity index (χ4n) is 3.45. The van der Waals surface area contributed by atoms with Crippen LogP contribution in [0.15, 0.2) is 24.3 Å². The zero-order valence-corrected chi connectivity index (χ0v) is 13.7. The highest BCUT2D eigenvalue weighted by Gasteiger charge is 2.61. The minimum Gasteiger partial charge on any atom is -0.447 e. The second-order valence-corrected chi connectivity index (χ2v) is 5.75. The molecule has 0 bridgehead atoms. The van der Waals surface area contributed by atoms with Gasteiger partial charge in [-0.2, -0.15) is 5.26 Å². The predicted molar refractivity (Wildman–Crippen MR) is 85.4 cm³/mol. The Bertz CT molecular complexity index is 772. The average Bonchev–Trinajstić information content (AvgIpc) is 2.98. The molecule has 2 aliphatic rings. The molecule has 8 nitrogen and oxygen atoms in total. The van der Waals surface area contributed by atoms with Crippen LogP contribution in [0.5, 0.6) is 0 Å². The second-order valence-electron chi connectivity index (χ2n) is 5.75. The number of benzene rings is 1. The molecule has 1 aromatic carbocycles. The molecule has 2 aliphatic heterocycles. The van der Waals surface area contributed by atoms with Gasteiger partial charge in [0.15, 0.2) is 6.61 Å². The van der Waals surface area contributed by atoms with E-state index in [0.717, 1.165) is 0 Å². The lowest BCUT2D eigenvalue weighted by Crippen LogP contribution is -2.69. The number of hydrogen-bond acceptors (Lipinski definition) is 6. The smallest absolute Gasteiger partial charge is 0.354 e. The van der Waals surface area contributed by atoms with E-state index in [2.05, 4.69) is 0 Å². The molecule has 1 aromatic rings. The molecular weight excluding hydrogens is 326 g/mol. The van der Waals surface area contributed by atoms with Crippen molar-refractivity contribution in [1.29, 1.82) is 5.26 Å². The maximum Gasteiger partial charge on any atom is 0.354 e. The molecule has 1 saturated heterocycles. The molecule has 0 saturated carbocycles. The molecule has 0 N–H and O–H groups in total.